The molecule has 3 aromatic rings. The molecule has 2 amide bonds. The van der Waals surface area contributed by atoms with Crippen LogP contribution in [0.3, 0.4) is 0 Å². The van der Waals surface area contributed by atoms with Crippen molar-refractivity contribution in [2.75, 3.05) is 5.32 Å². The number of anilines is 1. The van der Waals surface area contributed by atoms with Crippen LogP contribution in [0.5, 0.6) is 0 Å². The second-order valence-corrected chi connectivity index (χ2v) is 6.44. The van der Waals surface area contributed by atoms with Gasteiger partial charge in [0.15, 0.2) is 0 Å². The smallest absolute Gasteiger partial charge is 0.319 e. The Morgan fingerprint density at radius 1 is 1.27 bits per heavy atom. The predicted octanol–water partition coefficient (Wildman–Crippen LogP) is 2.06. The highest BCUT2D eigenvalue weighted by molar-refractivity contribution is 5.90. The summed E-state index contributed by atoms with van der Waals surface area (Å²) in [5.74, 6) is 0. The van der Waals surface area contributed by atoms with Crippen LogP contribution in [0.2, 0.25) is 0 Å². The molecule has 2 aromatic heterocycles. The highest BCUT2D eigenvalue weighted by Crippen LogP contribution is 2.23. The summed E-state index contributed by atoms with van der Waals surface area (Å²) < 4.78 is 1.55. The van der Waals surface area contributed by atoms with E-state index in [1.54, 1.807) is 4.68 Å². The van der Waals surface area contributed by atoms with Crippen molar-refractivity contribution >= 4 is 11.7 Å². The van der Waals surface area contributed by atoms with E-state index >= 15 is 0 Å². The van der Waals surface area contributed by atoms with Crippen molar-refractivity contribution < 1.29 is 4.79 Å². The molecule has 9 heteroatoms. The molecule has 26 heavy (non-hydrogen) atoms. The van der Waals surface area contributed by atoms with Gasteiger partial charge in [-0.25, -0.2) is 9.48 Å². The highest BCUT2D eigenvalue weighted by atomic mass is 16.2. The Balaban J connectivity index is 1.68. The molecule has 2 heterocycles. The highest BCUT2D eigenvalue weighted by Gasteiger charge is 2.13. The van der Waals surface area contributed by atoms with Gasteiger partial charge in [-0.2, -0.15) is 5.10 Å². The number of aryl methyl sites for hydroxylation is 2. The van der Waals surface area contributed by atoms with E-state index < -0.39 is 0 Å². The maximum Gasteiger partial charge on any atom is 0.319 e. The van der Waals surface area contributed by atoms with E-state index in [0.29, 0.717) is 6.42 Å². The molecule has 0 aliphatic heterocycles. The van der Waals surface area contributed by atoms with E-state index in [0.717, 1.165) is 33.9 Å². The van der Waals surface area contributed by atoms with Crippen LogP contribution in [0, 0.1) is 20.8 Å². The molecule has 0 unspecified atom stereocenters. The van der Waals surface area contributed by atoms with Gasteiger partial charge in [-0.1, -0.05) is 0 Å². The van der Waals surface area contributed by atoms with Crippen molar-refractivity contribution in [2.24, 2.45) is 0 Å². The number of hydrogen-bond donors (Lipinski definition) is 3. The van der Waals surface area contributed by atoms with Crippen LogP contribution in [-0.4, -0.2) is 42.5 Å². The topological polar surface area (TPSA) is 113 Å². The largest absolute Gasteiger partial charge is 0.335 e. The third kappa shape index (κ3) is 4.05. The Labute approximate surface area is 151 Å². The van der Waals surface area contributed by atoms with Crippen LogP contribution in [-0.2, 0) is 6.42 Å². The molecule has 3 rings (SSSR count). The molecule has 0 bridgehead atoms. The van der Waals surface area contributed by atoms with Gasteiger partial charge in [-0.15, -0.1) is 5.10 Å². The zero-order valence-corrected chi connectivity index (χ0v) is 15.2. The quantitative estimate of drug-likeness (QED) is 0.649. The van der Waals surface area contributed by atoms with Gasteiger partial charge < -0.3 is 10.6 Å². The van der Waals surface area contributed by atoms with Gasteiger partial charge in [0.25, 0.3) is 0 Å². The SMILES string of the molecule is Cc1cc(C[C@@H](C)NC(=O)Nc2cc(-n3cnnn3)cc(C)c2C)n[nH]1. The van der Waals surface area contributed by atoms with Crippen molar-refractivity contribution in [3.05, 3.63) is 47.0 Å². The molecule has 136 valence electrons. The first-order valence-electron chi connectivity index (χ1n) is 8.35. The minimum absolute atomic E-state index is 0.0539. The number of urea groups is 1. The summed E-state index contributed by atoms with van der Waals surface area (Å²) in [4.78, 5) is 12.4. The van der Waals surface area contributed by atoms with Gasteiger partial charge in [0.05, 0.1) is 11.4 Å². The van der Waals surface area contributed by atoms with Crippen molar-refractivity contribution in [2.45, 2.75) is 40.2 Å². The fraction of sp³-hybridized carbons (Fsp3) is 0.353. The van der Waals surface area contributed by atoms with E-state index in [2.05, 4.69) is 36.4 Å². The number of amides is 2. The van der Waals surface area contributed by atoms with Gasteiger partial charge in [0.2, 0.25) is 0 Å². The van der Waals surface area contributed by atoms with E-state index in [1.807, 2.05) is 45.9 Å². The number of aromatic amines is 1. The Kier molecular flexibility index (Phi) is 4.97. The average molecular weight is 354 g/mol. The standard InChI is InChI=1S/C17H22N8O/c1-10-5-15(25-9-18-23-24-25)8-16(13(10)4)20-17(26)19-11(2)6-14-7-12(3)21-22-14/h5,7-9,11H,6H2,1-4H3,(H,21,22)(H2,19,20,26)/t11-/m1/s1. The van der Waals surface area contributed by atoms with Crippen molar-refractivity contribution in [1.29, 1.82) is 0 Å². The van der Waals surface area contributed by atoms with Crippen molar-refractivity contribution in [3.63, 3.8) is 0 Å². The molecule has 0 saturated carbocycles. The monoisotopic (exact) mass is 354 g/mol. The number of benzene rings is 1. The maximum absolute atomic E-state index is 12.4. The lowest BCUT2D eigenvalue weighted by atomic mass is 10.1. The number of nitrogens with one attached hydrogen (secondary N) is 3. The van der Waals surface area contributed by atoms with Gasteiger partial charge in [-0.05, 0) is 67.4 Å². The lowest BCUT2D eigenvalue weighted by Crippen LogP contribution is -2.37. The number of rotatable bonds is 5. The predicted molar refractivity (Wildman–Crippen MR) is 97.3 cm³/mol. The van der Waals surface area contributed by atoms with Crippen LogP contribution in [0.4, 0.5) is 10.5 Å². The van der Waals surface area contributed by atoms with Crippen LogP contribution in [0.25, 0.3) is 5.69 Å². The van der Waals surface area contributed by atoms with E-state index in [9.17, 15) is 4.79 Å². The molecule has 0 saturated heterocycles. The van der Waals surface area contributed by atoms with E-state index in [-0.39, 0.29) is 12.1 Å². The number of carbonyl (C=O) groups is 1. The maximum atomic E-state index is 12.4. The van der Waals surface area contributed by atoms with Crippen molar-refractivity contribution in [1.82, 2.24) is 35.7 Å². The summed E-state index contributed by atoms with van der Waals surface area (Å²) in [7, 11) is 0. The number of tetrazole rings is 1. The molecular weight excluding hydrogens is 332 g/mol. The minimum atomic E-state index is -0.263. The molecule has 1 atom stereocenters. The Hall–Kier alpha value is -3.23. The first-order valence-corrected chi connectivity index (χ1v) is 8.35. The lowest BCUT2D eigenvalue weighted by molar-refractivity contribution is 0.249. The third-order valence-corrected chi connectivity index (χ3v) is 4.17. The molecule has 3 N–H and O–H groups in total. The number of aromatic nitrogens is 6. The van der Waals surface area contributed by atoms with Gasteiger partial charge >= 0.3 is 6.03 Å². The molecule has 0 radical (unpaired) electrons. The molecule has 0 aliphatic carbocycles. The first-order chi connectivity index (χ1) is 12.4. The van der Waals surface area contributed by atoms with Gasteiger partial charge in [0, 0.05) is 23.8 Å². The zero-order valence-electron chi connectivity index (χ0n) is 15.2. The van der Waals surface area contributed by atoms with Crippen LogP contribution >= 0.6 is 0 Å². The van der Waals surface area contributed by atoms with Gasteiger partial charge in [-0.3, -0.25) is 5.10 Å². The summed E-state index contributed by atoms with van der Waals surface area (Å²) in [5, 5.41) is 24.1. The van der Waals surface area contributed by atoms with Crippen LogP contribution < -0.4 is 10.6 Å². The Bertz CT molecular complexity index is 900. The molecule has 9 nitrogen and oxygen atoms in total. The van der Waals surface area contributed by atoms with E-state index in [1.165, 1.54) is 6.33 Å². The zero-order chi connectivity index (χ0) is 18.7. The van der Waals surface area contributed by atoms with Crippen LogP contribution in [0.1, 0.15) is 29.4 Å². The Morgan fingerprint density at radius 2 is 2.08 bits per heavy atom. The molecule has 0 aliphatic rings. The summed E-state index contributed by atoms with van der Waals surface area (Å²) in [6.45, 7) is 7.84. The molecule has 0 spiro atoms. The normalized spacial score (nSPS) is 12.0. The summed E-state index contributed by atoms with van der Waals surface area (Å²) in [6, 6.07) is 5.47. The summed E-state index contributed by atoms with van der Waals surface area (Å²) in [6.07, 6.45) is 2.17. The molecule has 1 aromatic carbocycles. The lowest BCUT2D eigenvalue weighted by Gasteiger charge is -2.16. The first kappa shape index (κ1) is 17.6. The minimum Gasteiger partial charge on any atom is -0.335 e. The second kappa shape index (κ2) is 7.34. The number of hydrogen-bond acceptors (Lipinski definition) is 5. The van der Waals surface area contributed by atoms with E-state index in [4.69, 9.17) is 0 Å². The fourth-order valence-corrected chi connectivity index (χ4v) is 2.71. The molecular formula is C17H22N8O. The second-order valence-electron chi connectivity index (χ2n) is 6.44. The molecule has 0 fully saturated rings. The summed E-state index contributed by atoms with van der Waals surface area (Å²) >= 11 is 0. The number of H-pyrrole nitrogens is 1. The Morgan fingerprint density at radius 3 is 2.73 bits per heavy atom. The number of carbonyl (C=O) groups excluding carboxylic acids is 1. The van der Waals surface area contributed by atoms with Gasteiger partial charge in [0.1, 0.15) is 6.33 Å². The van der Waals surface area contributed by atoms with Crippen molar-refractivity contribution in [3.8, 4) is 5.69 Å². The summed E-state index contributed by atoms with van der Waals surface area (Å²) in [5.41, 5.74) is 5.45. The third-order valence-electron chi connectivity index (χ3n) is 4.17. The average Bonchev–Trinajstić information content (AvgIpc) is 3.23. The van der Waals surface area contributed by atoms with Crippen LogP contribution in [0.15, 0.2) is 24.5 Å². The fourth-order valence-electron chi connectivity index (χ4n) is 2.71. The number of nitrogens with zero attached hydrogens (tertiary/aromatic N) is 5.